The van der Waals surface area contributed by atoms with Crippen molar-refractivity contribution < 1.29 is 24.2 Å². The van der Waals surface area contributed by atoms with Crippen molar-refractivity contribution in [3.05, 3.63) is 27.4 Å². The summed E-state index contributed by atoms with van der Waals surface area (Å²) < 4.78 is 14.1. The van der Waals surface area contributed by atoms with Crippen LogP contribution in [0.15, 0.2) is 17.1 Å². The van der Waals surface area contributed by atoms with Crippen molar-refractivity contribution in [3.8, 4) is 0 Å². The number of nitrogens with zero attached hydrogens (tertiary/aromatic N) is 2. The standard InChI is InChI=1S/C18H26N4O6S/c1-10(2)13(16(24)25)19-18(26)28-9-21-6-5-12-14(21)15(23)20-17(29)22(12)7-8-27-11(3)4/h5-6,10-11,13H,7-9H2,1-4H3,(H,19,26)(H,24,25)(H,20,23,29)/t13-/m0/s1. The summed E-state index contributed by atoms with van der Waals surface area (Å²) in [5, 5.41) is 11.4. The van der Waals surface area contributed by atoms with Crippen molar-refractivity contribution >= 4 is 35.3 Å². The number of alkyl carbamates (subject to hydrolysis) is 1. The summed E-state index contributed by atoms with van der Waals surface area (Å²) in [5.41, 5.74) is 0.459. The van der Waals surface area contributed by atoms with Gasteiger partial charge < -0.3 is 29.0 Å². The molecule has 10 nitrogen and oxygen atoms in total. The van der Waals surface area contributed by atoms with Gasteiger partial charge in [0.2, 0.25) is 0 Å². The van der Waals surface area contributed by atoms with E-state index in [1.807, 2.05) is 13.8 Å². The summed E-state index contributed by atoms with van der Waals surface area (Å²) >= 11 is 5.25. The zero-order chi connectivity index (χ0) is 21.7. The molecule has 0 aliphatic heterocycles. The van der Waals surface area contributed by atoms with E-state index in [4.69, 9.17) is 26.8 Å². The number of fused-ring (bicyclic) bond motifs is 1. The Balaban J connectivity index is 2.18. The maximum atomic E-state index is 12.4. The van der Waals surface area contributed by atoms with E-state index in [0.717, 1.165) is 0 Å². The fraction of sp³-hybridized carbons (Fsp3) is 0.556. The number of rotatable bonds is 9. The molecule has 0 saturated carbocycles. The third-order valence-electron chi connectivity index (χ3n) is 4.22. The van der Waals surface area contributed by atoms with Crippen LogP contribution in [0.1, 0.15) is 27.7 Å². The maximum absolute atomic E-state index is 12.4. The molecule has 0 spiro atoms. The number of carbonyl (C=O) groups is 2. The first-order valence-electron chi connectivity index (χ1n) is 9.21. The molecule has 1 atom stereocenters. The average molecular weight is 426 g/mol. The lowest BCUT2D eigenvalue weighted by Crippen LogP contribution is -2.44. The Hall–Kier alpha value is -2.66. The number of aromatic nitrogens is 3. The molecule has 3 N–H and O–H groups in total. The van der Waals surface area contributed by atoms with Crippen molar-refractivity contribution in [3.63, 3.8) is 0 Å². The van der Waals surface area contributed by atoms with Gasteiger partial charge in [0.1, 0.15) is 11.6 Å². The summed E-state index contributed by atoms with van der Waals surface area (Å²) in [6.45, 7) is 7.80. The second kappa shape index (κ2) is 9.70. The predicted octanol–water partition coefficient (Wildman–Crippen LogP) is 2.08. The summed E-state index contributed by atoms with van der Waals surface area (Å²) in [5.74, 6) is -1.46. The first kappa shape index (κ1) is 22.6. The molecule has 2 aromatic rings. The number of amides is 1. The van der Waals surface area contributed by atoms with Crippen molar-refractivity contribution in [2.75, 3.05) is 6.61 Å². The molecule has 0 bridgehead atoms. The van der Waals surface area contributed by atoms with E-state index >= 15 is 0 Å². The molecule has 0 radical (unpaired) electrons. The number of nitrogens with one attached hydrogen (secondary N) is 2. The van der Waals surface area contributed by atoms with Gasteiger partial charge in [-0.25, -0.2) is 9.59 Å². The number of carbonyl (C=O) groups excluding carboxylic acids is 1. The topological polar surface area (TPSA) is 128 Å². The minimum Gasteiger partial charge on any atom is -0.480 e. The number of carboxylic acids is 1. The van der Waals surface area contributed by atoms with Crippen LogP contribution in [-0.2, 0) is 27.5 Å². The van der Waals surface area contributed by atoms with E-state index in [2.05, 4.69) is 10.3 Å². The SMILES string of the molecule is CC(C)OCCn1c(=S)[nH]c(=O)c2c1ccn2COC(=O)N[C@H](C(=O)O)C(C)C. The molecule has 0 unspecified atom stereocenters. The molecule has 0 aliphatic rings. The molecular weight excluding hydrogens is 400 g/mol. The second-order valence-corrected chi connectivity index (χ2v) is 7.50. The maximum Gasteiger partial charge on any atom is 0.409 e. The fourth-order valence-corrected chi connectivity index (χ4v) is 3.06. The van der Waals surface area contributed by atoms with Crippen molar-refractivity contribution in [1.29, 1.82) is 0 Å². The molecule has 2 aromatic heterocycles. The van der Waals surface area contributed by atoms with Crippen molar-refractivity contribution in [2.24, 2.45) is 5.92 Å². The molecule has 29 heavy (non-hydrogen) atoms. The van der Waals surface area contributed by atoms with Gasteiger partial charge in [0.05, 0.1) is 18.2 Å². The average Bonchev–Trinajstić information content (AvgIpc) is 3.04. The van der Waals surface area contributed by atoms with Crippen LogP contribution in [0, 0.1) is 10.7 Å². The van der Waals surface area contributed by atoms with E-state index in [0.29, 0.717) is 18.7 Å². The summed E-state index contributed by atoms with van der Waals surface area (Å²) in [4.78, 5) is 38.2. The minimum absolute atomic E-state index is 0.0689. The zero-order valence-electron chi connectivity index (χ0n) is 16.8. The highest BCUT2D eigenvalue weighted by molar-refractivity contribution is 7.71. The van der Waals surface area contributed by atoms with Crippen LogP contribution in [0.2, 0.25) is 0 Å². The molecular formula is C18H26N4O6S. The van der Waals surface area contributed by atoms with Crippen LogP contribution >= 0.6 is 12.2 Å². The highest BCUT2D eigenvalue weighted by atomic mass is 32.1. The van der Waals surface area contributed by atoms with Gasteiger partial charge in [-0.1, -0.05) is 13.8 Å². The molecule has 0 fully saturated rings. The number of H-pyrrole nitrogens is 1. The Bertz CT molecular complexity index is 990. The van der Waals surface area contributed by atoms with Crippen molar-refractivity contribution in [1.82, 2.24) is 19.4 Å². The van der Waals surface area contributed by atoms with Gasteiger partial charge in [0.15, 0.2) is 11.5 Å². The van der Waals surface area contributed by atoms with Crippen LogP contribution in [0.5, 0.6) is 0 Å². The van der Waals surface area contributed by atoms with Gasteiger partial charge in [-0.15, -0.1) is 0 Å². The predicted molar refractivity (Wildman–Crippen MR) is 108 cm³/mol. The van der Waals surface area contributed by atoms with Crippen LogP contribution in [0.3, 0.4) is 0 Å². The Morgan fingerprint density at radius 1 is 1.31 bits per heavy atom. The van der Waals surface area contributed by atoms with Crippen molar-refractivity contribution in [2.45, 2.75) is 53.1 Å². The van der Waals surface area contributed by atoms with Gasteiger partial charge in [0, 0.05) is 12.7 Å². The number of carboxylic acid groups (broad SMARTS) is 1. The van der Waals surface area contributed by atoms with Crippen LogP contribution < -0.4 is 10.9 Å². The Kier molecular flexibility index (Phi) is 7.57. The summed E-state index contributed by atoms with van der Waals surface area (Å²) in [7, 11) is 0. The summed E-state index contributed by atoms with van der Waals surface area (Å²) in [6, 6.07) is 0.628. The third kappa shape index (κ3) is 5.67. The highest BCUT2D eigenvalue weighted by Crippen LogP contribution is 2.13. The van der Waals surface area contributed by atoms with E-state index in [1.165, 1.54) is 4.57 Å². The lowest BCUT2D eigenvalue weighted by Gasteiger charge is -2.17. The molecule has 0 aliphatic carbocycles. The monoisotopic (exact) mass is 426 g/mol. The van der Waals surface area contributed by atoms with Gasteiger partial charge in [0.25, 0.3) is 5.56 Å². The highest BCUT2D eigenvalue weighted by Gasteiger charge is 2.24. The van der Waals surface area contributed by atoms with Gasteiger partial charge >= 0.3 is 12.1 Å². The number of aromatic amines is 1. The normalized spacial score (nSPS) is 12.5. The van der Waals surface area contributed by atoms with Gasteiger partial charge in [-0.2, -0.15) is 0 Å². The van der Waals surface area contributed by atoms with Crippen LogP contribution in [0.25, 0.3) is 11.0 Å². The number of ether oxygens (including phenoxy) is 2. The van der Waals surface area contributed by atoms with E-state index < -0.39 is 23.7 Å². The Morgan fingerprint density at radius 2 is 2.00 bits per heavy atom. The van der Waals surface area contributed by atoms with Gasteiger partial charge in [-0.05, 0) is 38.0 Å². The molecule has 0 aromatic carbocycles. The molecule has 2 rings (SSSR count). The molecule has 0 saturated heterocycles. The van der Waals surface area contributed by atoms with Gasteiger partial charge in [-0.3, -0.25) is 9.78 Å². The zero-order valence-corrected chi connectivity index (χ0v) is 17.6. The third-order valence-corrected chi connectivity index (χ3v) is 4.54. The Labute approximate surface area is 172 Å². The largest absolute Gasteiger partial charge is 0.480 e. The first-order valence-corrected chi connectivity index (χ1v) is 9.62. The van der Waals surface area contributed by atoms with E-state index in [9.17, 15) is 14.4 Å². The lowest BCUT2D eigenvalue weighted by molar-refractivity contribution is -0.140. The Morgan fingerprint density at radius 3 is 2.59 bits per heavy atom. The number of aliphatic carboxylic acids is 1. The second-order valence-electron chi connectivity index (χ2n) is 7.11. The molecule has 11 heteroatoms. The number of hydrogen-bond acceptors (Lipinski definition) is 6. The van der Waals surface area contributed by atoms with E-state index in [1.54, 1.807) is 30.7 Å². The fourth-order valence-electron chi connectivity index (χ4n) is 2.78. The van der Waals surface area contributed by atoms with Crippen LogP contribution in [-0.4, -0.2) is 50.0 Å². The number of hydrogen-bond donors (Lipinski definition) is 3. The smallest absolute Gasteiger partial charge is 0.409 e. The summed E-state index contributed by atoms with van der Waals surface area (Å²) in [6.07, 6.45) is 0.778. The first-order chi connectivity index (χ1) is 13.6. The minimum atomic E-state index is -1.15. The molecule has 160 valence electrons. The molecule has 1 amide bonds. The lowest BCUT2D eigenvalue weighted by atomic mass is 10.1. The van der Waals surface area contributed by atoms with Crippen LogP contribution in [0.4, 0.5) is 4.79 Å². The van der Waals surface area contributed by atoms with E-state index in [-0.39, 0.29) is 29.0 Å². The quantitative estimate of drug-likeness (QED) is 0.524. The molecule has 2 heterocycles.